The number of anilines is 1. The topological polar surface area (TPSA) is 66.0 Å². The number of nitrogens with one attached hydrogen (secondary N) is 1. The van der Waals surface area contributed by atoms with Gasteiger partial charge in [-0.2, -0.15) is 0 Å². The molecule has 1 heterocycles. The summed E-state index contributed by atoms with van der Waals surface area (Å²) >= 11 is 0. The number of hydrogen-bond acceptors (Lipinski definition) is 5. The molecule has 0 aliphatic carbocycles. The van der Waals surface area contributed by atoms with E-state index in [4.69, 9.17) is 5.84 Å². The largest absolute Gasteiger partial charge is 0.346 e. The van der Waals surface area contributed by atoms with Gasteiger partial charge in [-0.05, 0) is 12.1 Å². The molecule has 0 spiro atoms. The fourth-order valence-corrected chi connectivity index (χ4v) is 1.14. The van der Waals surface area contributed by atoms with Gasteiger partial charge >= 0.3 is 0 Å². The van der Waals surface area contributed by atoms with E-state index in [0.29, 0.717) is 0 Å². The molecule has 0 saturated heterocycles. The Hall–Kier alpha value is -1.88. The first-order chi connectivity index (χ1) is 6.86. The van der Waals surface area contributed by atoms with Gasteiger partial charge < -0.3 is 5.32 Å². The quantitative estimate of drug-likeness (QED) is 0.670. The Morgan fingerprint density at radius 2 is 2.07 bits per heavy atom. The number of nitrogens with zero attached hydrogens (tertiary/aromatic N) is 3. The van der Waals surface area contributed by atoms with E-state index < -0.39 is 0 Å². The highest BCUT2D eigenvalue weighted by Gasteiger charge is 2.11. The molecule has 0 radical (unpaired) electrons. The molecule has 0 fully saturated rings. The third-order valence-corrected chi connectivity index (χ3v) is 1.83. The SMILES string of the molecule is NN1C=NC=NC1Nc1ccccc1. The molecular weight excluding hydrogens is 178 g/mol. The summed E-state index contributed by atoms with van der Waals surface area (Å²) in [6.45, 7) is 0. The molecule has 14 heavy (non-hydrogen) atoms. The van der Waals surface area contributed by atoms with E-state index in [9.17, 15) is 0 Å². The Bertz CT molecular complexity index is 345. The van der Waals surface area contributed by atoms with Crippen LogP contribution in [0.15, 0.2) is 40.3 Å². The van der Waals surface area contributed by atoms with Crippen molar-refractivity contribution in [3.8, 4) is 0 Å². The van der Waals surface area contributed by atoms with Crippen LogP contribution in [0.5, 0.6) is 0 Å². The maximum absolute atomic E-state index is 5.63. The van der Waals surface area contributed by atoms with Crippen LogP contribution in [0.1, 0.15) is 0 Å². The van der Waals surface area contributed by atoms with Crippen molar-refractivity contribution < 1.29 is 0 Å². The number of benzene rings is 1. The molecule has 0 bridgehead atoms. The van der Waals surface area contributed by atoms with Gasteiger partial charge in [-0.25, -0.2) is 15.8 Å². The first-order valence-corrected chi connectivity index (χ1v) is 4.26. The van der Waals surface area contributed by atoms with Crippen molar-refractivity contribution in [2.45, 2.75) is 6.29 Å². The van der Waals surface area contributed by atoms with Crippen LogP contribution < -0.4 is 11.2 Å². The highest BCUT2D eigenvalue weighted by molar-refractivity contribution is 5.73. The second-order valence-corrected chi connectivity index (χ2v) is 2.86. The van der Waals surface area contributed by atoms with Crippen molar-refractivity contribution in [2.75, 3.05) is 5.32 Å². The van der Waals surface area contributed by atoms with Crippen LogP contribution >= 0.6 is 0 Å². The first kappa shape index (κ1) is 8.71. The molecule has 5 nitrogen and oxygen atoms in total. The van der Waals surface area contributed by atoms with Gasteiger partial charge in [0.25, 0.3) is 0 Å². The smallest absolute Gasteiger partial charge is 0.212 e. The molecule has 1 atom stereocenters. The average Bonchev–Trinajstić information content (AvgIpc) is 2.23. The van der Waals surface area contributed by atoms with Crippen LogP contribution in [0, 0.1) is 0 Å². The number of aliphatic imine (C=N–C) groups is 2. The van der Waals surface area contributed by atoms with Gasteiger partial charge in [-0.15, -0.1) is 0 Å². The maximum Gasteiger partial charge on any atom is 0.212 e. The minimum absolute atomic E-state index is 0.283. The van der Waals surface area contributed by atoms with E-state index in [-0.39, 0.29) is 6.29 Å². The molecule has 72 valence electrons. The van der Waals surface area contributed by atoms with E-state index in [0.717, 1.165) is 5.69 Å². The minimum atomic E-state index is -0.283. The lowest BCUT2D eigenvalue weighted by Gasteiger charge is -2.24. The number of nitrogens with two attached hydrogens (primary N) is 1. The molecule has 1 unspecified atom stereocenters. The van der Waals surface area contributed by atoms with Gasteiger partial charge in [0.2, 0.25) is 6.29 Å². The van der Waals surface area contributed by atoms with Crippen LogP contribution in [-0.2, 0) is 0 Å². The van der Waals surface area contributed by atoms with Gasteiger partial charge in [-0.3, -0.25) is 5.01 Å². The normalized spacial score (nSPS) is 19.8. The number of hydrazine groups is 1. The Labute approximate surface area is 81.9 Å². The highest BCUT2D eigenvalue weighted by atomic mass is 15.5. The molecule has 0 aromatic heterocycles. The summed E-state index contributed by atoms with van der Waals surface area (Å²) in [7, 11) is 0. The molecule has 0 saturated carbocycles. The first-order valence-electron chi connectivity index (χ1n) is 4.26. The van der Waals surface area contributed by atoms with Gasteiger partial charge in [0, 0.05) is 5.69 Å². The zero-order valence-electron chi connectivity index (χ0n) is 7.54. The number of para-hydroxylation sites is 1. The number of hydrogen-bond donors (Lipinski definition) is 2. The summed E-state index contributed by atoms with van der Waals surface area (Å²) in [6.07, 6.45) is 2.72. The molecule has 0 amide bonds. The van der Waals surface area contributed by atoms with Crippen molar-refractivity contribution in [1.82, 2.24) is 5.01 Å². The van der Waals surface area contributed by atoms with Crippen molar-refractivity contribution in [3.05, 3.63) is 30.3 Å². The second-order valence-electron chi connectivity index (χ2n) is 2.86. The average molecular weight is 189 g/mol. The molecule has 1 aromatic carbocycles. The predicted molar refractivity (Wildman–Crippen MR) is 56.9 cm³/mol. The van der Waals surface area contributed by atoms with Gasteiger partial charge in [0.1, 0.15) is 12.7 Å². The summed E-state index contributed by atoms with van der Waals surface area (Å²) in [4.78, 5) is 7.87. The van der Waals surface area contributed by atoms with E-state index in [1.165, 1.54) is 17.7 Å². The predicted octanol–water partition coefficient (Wildman–Crippen LogP) is 0.628. The van der Waals surface area contributed by atoms with Crippen molar-refractivity contribution in [1.29, 1.82) is 0 Å². The Morgan fingerprint density at radius 1 is 1.29 bits per heavy atom. The highest BCUT2D eigenvalue weighted by Crippen LogP contribution is 2.08. The zero-order valence-corrected chi connectivity index (χ0v) is 7.54. The summed E-state index contributed by atoms with van der Waals surface area (Å²) in [5.41, 5.74) is 0.973. The Balaban J connectivity index is 2.05. The van der Waals surface area contributed by atoms with Crippen LogP contribution in [0.4, 0.5) is 5.69 Å². The second kappa shape index (κ2) is 3.89. The fourth-order valence-electron chi connectivity index (χ4n) is 1.14. The maximum atomic E-state index is 5.63. The van der Waals surface area contributed by atoms with Crippen LogP contribution in [0.25, 0.3) is 0 Å². The summed E-state index contributed by atoms with van der Waals surface area (Å²) in [6, 6.07) is 9.76. The summed E-state index contributed by atoms with van der Waals surface area (Å²) in [5.74, 6) is 5.63. The summed E-state index contributed by atoms with van der Waals surface area (Å²) in [5, 5.41) is 4.55. The lowest BCUT2D eigenvalue weighted by Crippen LogP contribution is -2.45. The molecule has 3 N–H and O–H groups in total. The third-order valence-electron chi connectivity index (χ3n) is 1.83. The third kappa shape index (κ3) is 1.89. The van der Waals surface area contributed by atoms with Crippen molar-refractivity contribution in [2.24, 2.45) is 15.8 Å². The van der Waals surface area contributed by atoms with Crippen LogP contribution in [0.2, 0.25) is 0 Å². The van der Waals surface area contributed by atoms with Gasteiger partial charge in [0.15, 0.2) is 0 Å². The monoisotopic (exact) mass is 189 g/mol. The number of rotatable bonds is 2. The minimum Gasteiger partial charge on any atom is -0.346 e. The van der Waals surface area contributed by atoms with Crippen molar-refractivity contribution in [3.63, 3.8) is 0 Å². The van der Waals surface area contributed by atoms with Gasteiger partial charge in [0.05, 0.1) is 0 Å². The van der Waals surface area contributed by atoms with Gasteiger partial charge in [-0.1, -0.05) is 18.2 Å². The van der Waals surface area contributed by atoms with E-state index in [1.807, 2.05) is 30.3 Å². The Morgan fingerprint density at radius 3 is 2.79 bits per heavy atom. The zero-order chi connectivity index (χ0) is 9.80. The van der Waals surface area contributed by atoms with Crippen LogP contribution in [-0.4, -0.2) is 24.0 Å². The molecule has 2 rings (SSSR count). The fraction of sp³-hybridized carbons (Fsp3) is 0.111. The molecule has 1 aliphatic rings. The Kier molecular flexibility index (Phi) is 2.42. The lowest BCUT2D eigenvalue weighted by atomic mass is 10.3. The van der Waals surface area contributed by atoms with E-state index >= 15 is 0 Å². The molecule has 5 heteroatoms. The van der Waals surface area contributed by atoms with Crippen molar-refractivity contribution >= 4 is 18.4 Å². The molecular formula is C9H11N5. The molecule has 1 aromatic rings. The van der Waals surface area contributed by atoms with E-state index in [1.54, 1.807) is 0 Å². The van der Waals surface area contributed by atoms with E-state index in [2.05, 4.69) is 15.3 Å². The summed E-state index contributed by atoms with van der Waals surface area (Å²) < 4.78 is 0. The molecule has 1 aliphatic heterocycles. The lowest BCUT2D eigenvalue weighted by molar-refractivity contribution is 0.368. The standard InChI is InChI=1S/C9H11N5/c10-14-7-11-6-12-9(14)13-8-4-2-1-3-5-8/h1-7,9,13H,10H2. The van der Waals surface area contributed by atoms with Crippen LogP contribution in [0.3, 0.4) is 0 Å².